The molecule has 0 aliphatic carbocycles. The molecule has 0 spiro atoms. The average molecular weight is 354 g/mol. The highest BCUT2D eigenvalue weighted by atomic mass is 35.5. The molecule has 0 saturated heterocycles. The highest BCUT2D eigenvalue weighted by Crippen LogP contribution is 2.30. The van der Waals surface area contributed by atoms with E-state index in [1.807, 2.05) is 6.92 Å². The van der Waals surface area contributed by atoms with Crippen molar-refractivity contribution in [1.29, 1.82) is 0 Å². The van der Waals surface area contributed by atoms with Crippen LogP contribution in [0.2, 0.25) is 4.34 Å². The third kappa shape index (κ3) is 5.94. The van der Waals surface area contributed by atoms with E-state index in [0.717, 1.165) is 23.3 Å². The highest BCUT2D eigenvalue weighted by Gasteiger charge is 2.18. The van der Waals surface area contributed by atoms with Crippen LogP contribution in [0, 0.1) is 12.8 Å². The van der Waals surface area contributed by atoms with Crippen molar-refractivity contribution in [3.63, 3.8) is 0 Å². The molecule has 0 amide bonds. The van der Waals surface area contributed by atoms with Crippen molar-refractivity contribution in [1.82, 2.24) is 4.72 Å². The SMILES string of the molecule is CCC(CCNS(=O)(=O)c1cc(C)c(Cl)s1)CCC(=O)O. The van der Waals surface area contributed by atoms with Gasteiger partial charge < -0.3 is 5.11 Å². The van der Waals surface area contributed by atoms with Crippen LogP contribution in [-0.2, 0) is 14.8 Å². The van der Waals surface area contributed by atoms with Crippen molar-refractivity contribution in [2.45, 2.75) is 43.7 Å². The van der Waals surface area contributed by atoms with Crippen LogP contribution in [0.5, 0.6) is 0 Å². The minimum Gasteiger partial charge on any atom is -0.481 e. The summed E-state index contributed by atoms with van der Waals surface area (Å²) in [5, 5.41) is 8.67. The maximum Gasteiger partial charge on any atom is 0.303 e. The summed E-state index contributed by atoms with van der Waals surface area (Å²) in [5.41, 5.74) is 0.745. The number of carboxylic acid groups (broad SMARTS) is 1. The first kappa shape index (κ1) is 18.4. The second kappa shape index (κ2) is 8.12. The Labute approximate surface area is 134 Å². The Morgan fingerprint density at radius 3 is 2.62 bits per heavy atom. The van der Waals surface area contributed by atoms with E-state index in [4.69, 9.17) is 16.7 Å². The molecule has 1 unspecified atom stereocenters. The number of hydrogen-bond acceptors (Lipinski definition) is 4. The van der Waals surface area contributed by atoms with Crippen LogP contribution in [-0.4, -0.2) is 26.0 Å². The molecule has 5 nitrogen and oxygen atoms in total. The standard InChI is InChI=1S/C13H20ClNO4S2/c1-3-10(4-5-11(16)17)6-7-15-21(18,19)12-8-9(2)13(14)20-12/h8,10,15H,3-7H2,1-2H3,(H,16,17). The van der Waals surface area contributed by atoms with Crippen LogP contribution >= 0.6 is 22.9 Å². The summed E-state index contributed by atoms with van der Waals surface area (Å²) in [5.74, 6) is -0.616. The Bertz CT molecular complexity index is 563. The number of aryl methyl sites for hydroxylation is 1. The molecule has 0 fully saturated rings. The molecule has 1 atom stereocenters. The number of aliphatic carboxylic acids is 1. The lowest BCUT2D eigenvalue weighted by molar-refractivity contribution is -0.137. The monoisotopic (exact) mass is 353 g/mol. The maximum atomic E-state index is 12.1. The summed E-state index contributed by atoms with van der Waals surface area (Å²) in [4.78, 5) is 10.5. The molecule has 0 aliphatic heterocycles. The van der Waals surface area contributed by atoms with Gasteiger partial charge in [-0.1, -0.05) is 24.9 Å². The van der Waals surface area contributed by atoms with Crippen molar-refractivity contribution in [3.05, 3.63) is 16.0 Å². The molecule has 0 saturated carbocycles. The molecule has 21 heavy (non-hydrogen) atoms. The molecule has 0 aromatic carbocycles. The number of halogens is 1. The lowest BCUT2D eigenvalue weighted by Gasteiger charge is -2.13. The predicted molar refractivity (Wildman–Crippen MR) is 84.5 cm³/mol. The quantitative estimate of drug-likeness (QED) is 0.713. The number of hydrogen-bond donors (Lipinski definition) is 2. The van der Waals surface area contributed by atoms with E-state index in [0.29, 0.717) is 23.7 Å². The fraction of sp³-hybridized carbons (Fsp3) is 0.615. The Kier molecular flexibility index (Phi) is 7.12. The van der Waals surface area contributed by atoms with Crippen molar-refractivity contribution in [2.75, 3.05) is 6.54 Å². The zero-order valence-corrected chi connectivity index (χ0v) is 14.4. The van der Waals surface area contributed by atoms with Crippen LogP contribution in [0.3, 0.4) is 0 Å². The number of nitrogens with one attached hydrogen (secondary N) is 1. The molecule has 1 heterocycles. The molecular weight excluding hydrogens is 334 g/mol. The van der Waals surface area contributed by atoms with Crippen LogP contribution < -0.4 is 4.72 Å². The van der Waals surface area contributed by atoms with E-state index in [1.165, 1.54) is 0 Å². The largest absolute Gasteiger partial charge is 0.481 e. The zero-order chi connectivity index (χ0) is 16.0. The molecule has 2 N–H and O–H groups in total. The molecule has 1 aromatic rings. The van der Waals surface area contributed by atoms with Gasteiger partial charge in [0.25, 0.3) is 0 Å². The molecular formula is C13H20ClNO4S2. The lowest BCUT2D eigenvalue weighted by Crippen LogP contribution is -2.25. The molecule has 1 aromatic heterocycles. The molecule has 1 rings (SSSR count). The first-order valence-corrected chi connectivity index (χ1v) is 9.41. The van der Waals surface area contributed by atoms with E-state index >= 15 is 0 Å². The zero-order valence-electron chi connectivity index (χ0n) is 12.1. The van der Waals surface area contributed by atoms with Crippen molar-refractivity contribution in [3.8, 4) is 0 Å². The smallest absolute Gasteiger partial charge is 0.303 e. The fourth-order valence-electron chi connectivity index (χ4n) is 1.91. The Balaban J connectivity index is 2.51. The first-order valence-electron chi connectivity index (χ1n) is 6.73. The van der Waals surface area contributed by atoms with Crippen molar-refractivity contribution in [2.24, 2.45) is 5.92 Å². The normalized spacial score (nSPS) is 13.3. The summed E-state index contributed by atoms with van der Waals surface area (Å²) in [6.45, 7) is 4.04. The van der Waals surface area contributed by atoms with E-state index in [-0.39, 0.29) is 16.5 Å². The van der Waals surface area contributed by atoms with E-state index in [9.17, 15) is 13.2 Å². The van der Waals surface area contributed by atoms with Gasteiger partial charge >= 0.3 is 5.97 Å². The Morgan fingerprint density at radius 2 is 2.14 bits per heavy atom. The van der Waals surface area contributed by atoms with Gasteiger partial charge in [0.05, 0.1) is 4.34 Å². The van der Waals surface area contributed by atoms with Gasteiger partial charge in [-0.3, -0.25) is 4.79 Å². The van der Waals surface area contributed by atoms with Gasteiger partial charge in [-0.2, -0.15) is 0 Å². The summed E-state index contributed by atoms with van der Waals surface area (Å²) >= 11 is 6.92. The number of thiophene rings is 1. The average Bonchev–Trinajstić information content (AvgIpc) is 2.74. The second-order valence-electron chi connectivity index (χ2n) is 4.92. The van der Waals surface area contributed by atoms with Gasteiger partial charge in [-0.25, -0.2) is 13.1 Å². The minimum absolute atomic E-state index is 0.116. The minimum atomic E-state index is -3.53. The van der Waals surface area contributed by atoms with Gasteiger partial charge in [-0.15, -0.1) is 11.3 Å². The van der Waals surface area contributed by atoms with E-state index < -0.39 is 16.0 Å². The van der Waals surface area contributed by atoms with Crippen molar-refractivity contribution < 1.29 is 18.3 Å². The number of carbonyl (C=O) groups is 1. The highest BCUT2D eigenvalue weighted by molar-refractivity contribution is 7.91. The van der Waals surface area contributed by atoms with Gasteiger partial charge in [0.1, 0.15) is 4.21 Å². The maximum absolute atomic E-state index is 12.1. The van der Waals surface area contributed by atoms with E-state index in [1.54, 1.807) is 13.0 Å². The number of sulfonamides is 1. The summed E-state index contributed by atoms with van der Waals surface area (Å²) < 4.78 is 27.4. The third-order valence-corrected chi connectivity index (χ3v) is 6.78. The summed E-state index contributed by atoms with van der Waals surface area (Å²) in [7, 11) is -3.53. The number of rotatable bonds is 9. The summed E-state index contributed by atoms with van der Waals surface area (Å²) in [6.07, 6.45) is 2.14. The topological polar surface area (TPSA) is 83.5 Å². The first-order chi connectivity index (χ1) is 9.76. The molecule has 8 heteroatoms. The molecule has 0 bridgehead atoms. The van der Waals surface area contributed by atoms with Crippen LogP contribution in [0.4, 0.5) is 0 Å². The van der Waals surface area contributed by atoms with Crippen LogP contribution in [0.1, 0.15) is 38.2 Å². The third-order valence-electron chi connectivity index (χ3n) is 3.29. The predicted octanol–water partition coefficient (Wildman–Crippen LogP) is 3.27. The number of carboxylic acids is 1. The van der Waals surface area contributed by atoms with Crippen LogP contribution in [0.25, 0.3) is 0 Å². The molecule has 120 valence electrons. The van der Waals surface area contributed by atoms with Crippen molar-refractivity contribution >= 4 is 38.9 Å². The second-order valence-corrected chi connectivity index (χ2v) is 8.56. The Hall–Kier alpha value is -0.630. The van der Waals surface area contributed by atoms with Gasteiger partial charge in [0.2, 0.25) is 10.0 Å². The summed E-state index contributed by atoms with van der Waals surface area (Å²) in [6, 6.07) is 1.55. The van der Waals surface area contributed by atoms with E-state index in [2.05, 4.69) is 4.72 Å². The molecule has 0 radical (unpaired) electrons. The van der Waals surface area contributed by atoms with Gasteiger partial charge in [0.15, 0.2) is 0 Å². The lowest BCUT2D eigenvalue weighted by atomic mass is 9.97. The fourth-order valence-corrected chi connectivity index (χ4v) is 4.71. The van der Waals surface area contributed by atoms with Crippen LogP contribution in [0.15, 0.2) is 10.3 Å². The molecule has 0 aliphatic rings. The van der Waals surface area contributed by atoms with Gasteiger partial charge in [0, 0.05) is 13.0 Å². The van der Waals surface area contributed by atoms with Gasteiger partial charge in [-0.05, 0) is 37.3 Å². The Morgan fingerprint density at radius 1 is 1.48 bits per heavy atom.